The minimum atomic E-state index is -0.113. The lowest BCUT2D eigenvalue weighted by molar-refractivity contribution is 0.102. The molecular weight excluding hydrogens is 312 g/mol. The summed E-state index contributed by atoms with van der Waals surface area (Å²) < 4.78 is 5.47. The van der Waals surface area contributed by atoms with Crippen LogP contribution in [0, 0.1) is 0 Å². The number of amides is 1. The molecule has 2 N–H and O–H groups in total. The van der Waals surface area contributed by atoms with Gasteiger partial charge in [-0.25, -0.2) is 0 Å². The molecule has 0 aliphatic carbocycles. The predicted molar refractivity (Wildman–Crippen MR) is 99.8 cm³/mol. The Hall–Kier alpha value is -3.27. The first-order valence-corrected chi connectivity index (χ1v) is 8.27. The molecule has 0 spiro atoms. The SMILES string of the molecule is O=C(Nc1ccc(Nc2ccccc2)cc1)c1ccc2c(c1)CCO2. The van der Waals surface area contributed by atoms with Crippen LogP contribution in [0.2, 0.25) is 0 Å². The Bertz CT molecular complexity index is 890. The van der Waals surface area contributed by atoms with Crippen LogP contribution < -0.4 is 15.4 Å². The van der Waals surface area contributed by atoms with Gasteiger partial charge in [0.25, 0.3) is 5.91 Å². The summed E-state index contributed by atoms with van der Waals surface area (Å²) in [5.41, 5.74) is 4.50. The zero-order valence-electron chi connectivity index (χ0n) is 13.7. The van der Waals surface area contributed by atoms with Crippen LogP contribution in [-0.4, -0.2) is 12.5 Å². The number of benzene rings is 3. The van der Waals surface area contributed by atoms with Crippen molar-refractivity contribution in [3.63, 3.8) is 0 Å². The van der Waals surface area contributed by atoms with Gasteiger partial charge in [-0.1, -0.05) is 18.2 Å². The normalized spacial score (nSPS) is 12.2. The second kappa shape index (κ2) is 6.69. The fourth-order valence-electron chi connectivity index (χ4n) is 2.86. The molecule has 1 aliphatic rings. The number of carbonyl (C=O) groups is 1. The number of hydrogen-bond donors (Lipinski definition) is 2. The first kappa shape index (κ1) is 15.3. The van der Waals surface area contributed by atoms with Gasteiger partial charge in [0.1, 0.15) is 5.75 Å². The van der Waals surface area contributed by atoms with E-state index in [4.69, 9.17) is 4.74 Å². The molecule has 0 aromatic heterocycles. The Morgan fingerprint density at radius 3 is 2.36 bits per heavy atom. The second-order valence-corrected chi connectivity index (χ2v) is 5.94. The van der Waals surface area contributed by atoms with Crippen LogP contribution in [0.15, 0.2) is 72.8 Å². The lowest BCUT2D eigenvalue weighted by Gasteiger charge is -2.09. The Morgan fingerprint density at radius 2 is 1.56 bits per heavy atom. The van der Waals surface area contributed by atoms with E-state index in [9.17, 15) is 4.79 Å². The van der Waals surface area contributed by atoms with Crippen molar-refractivity contribution in [3.05, 3.63) is 83.9 Å². The van der Waals surface area contributed by atoms with E-state index in [1.165, 1.54) is 0 Å². The smallest absolute Gasteiger partial charge is 0.255 e. The first-order valence-electron chi connectivity index (χ1n) is 8.27. The highest BCUT2D eigenvalue weighted by atomic mass is 16.5. The number of para-hydroxylation sites is 1. The number of hydrogen-bond acceptors (Lipinski definition) is 3. The maximum absolute atomic E-state index is 12.4. The van der Waals surface area contributed by atoms with E-state index in [-0.39, 0.29) is 5.91 Å². The Kier molecular flexibility index (Phi) is 4.09. The number of carbonyl (C=O) groups excluding carboxylic acids is 1. The van der Waals surface area contributed by atoms with Gasteiger partial charge in [0.2, 0.25) is 0 Å². The monoisotopic (exact) mass is 330 g/mol. The second-order valence-electron chi connectivity index (χ2n) is 5.94. The summed E-state index contributed by atoms with van der Waals surface area (Å²) >= 11 is 0. The third-order valence-corrected chi connectivity index (χ3v) is 4.16. The van der Waals surface area contributed by atoms with Crippen molar-refractivity contribution in [3.8, 4) is 5.75 Å². The molecule has 0 radical (unpaired) electrons. The van der Waals surface area contributed by atoms with Crippen molar-refractivity contribution in [1.29, 1.82) is 0 Å². The number of nitrogens with one attached hydrogen (secondary N) is 2. The summed E-state index contributed by atoms with van der Waals surface area (Å²) in [7, 11) is 0. The molecule has 124 valence electrons. The molecular formula is C21H18N2O2. The summed E-state index contributed by atoms with van der Waals surface area (Å²) in [4.78, 5) is 12.4. The van der Waals surface area contributed by atoms with Crippen LogP contribution in [0.1, 0.15) is 15.9 Å². The molecule has 1 aliphatic heterocycles. The summed E-state index contributed by atoms with van der Waals surface area (Å²) in [5, 5.41) is 6.25. The van der Waals surface area contributed by atoms with Gasteiger partial charge in [-0.15, -0.1) is 0 Å². The Labute approximate surface area is 146 Å². The summed E-state index contributed by atoms with van der Waals surface area (Å²) in [5.74, 6) is 0.770. The molecule has 4 heteroatoms. The van der Waals surface area contributed by atoms with Gasteiger partial charge in [-0.2, -0.15) is 0 Å². The van der Waals surface area contributed by atoms with Gasteiger partial charge in [-0.3, -0.25) is 4.79 Å². The lowest BCUT2D eigenvalue weighted by Crippen LogP contribution is -2.12. The van der Waals surface area contributed by atoms with Gasteiger partial charge in [-0.05, 0) is 60.2 Å². The molecule has 25 heavy (non-hydrogen) atoms. The summed E-state index contributed by atoms with van der Waals surface area (Å²) in [6, 6.07) is 23.2. The summed E-state index contributed by atoms with van der Waals surface area (Å²) in [6.45, 7) is 0.691. The van der Waals surface area contributed by atoms with Crippen LogP contribution in [0.4, 0.5) is 17.1 Å². The van der Waals surface area contributed by atoms with E-state index >= 15 is 0 Å². The van der Waals surface area contributed by atoms with Crippen LogP contribution in [0.5, 0.6) is 5.75 Å². The number of rotatable bonds is 4. The van der Waals surface area contributed by atoms with E-state index in [1.807, 2.05) is 66.7 Å². The number of fused-ring (bicyclic) bond motifs is 1. The summed E-state index contributed by atoms with van der Waals surface area (Å²) in [6.07, 6.45) is 0.857. The van der Waals surface area contributed by atoms with Crippen LogP contribution in [0.25, 0.3) is 0 Å². The van der Waals surface area contributed by atoms with E-state index in [1.54, 1.807) is 6.07 Å². The highest BCUT2D eigenvalue weighted by molar-refractivity contribution is 6.04. The van der Waals surface area contributed by atoms with Gasteiger partial charge in [0.15, 0.2) is 0 Å². The first-order chi connectivity index (χ1) is 12.3. The van der Waals surface area contributed by atoms with Crippen molar-refractivity contribution in [2.45, 2.75) is 6.42 Å². The quantitative estimate of drug-likeness (QED) is 0.734. The molecule has 0 unspecified atom stereocenters. The number of anilines is 3. The zero-order valence-corrected chi connectivity index (χ0v) is 13.7. The zero-order chi connectivity index (χ0) is 17.1. The largest absolute Gasteiger partial charge is 0.493 e. The molecule has 3 aromatic rings. The van der Waals surface area contributed by atoms with Gasteiger partial charge in [0.05, 0.1) is 6.61 Å². The third kappa shape index (κ3) is 3.48. The van der Waals surface area contributed by atoms with Gasteiger partial charge >= 0.3 is 0 Å². The molecule has 4 rings (SSSR count). The van der Waals surface area contributed by atoms with Crippen LogP contribution >= 0.6 is 0 Å². The van der Waals surface area contributed by atoms with Crippen molar-refractivity contribution in [2.75, 3.05) is 17.2 Å². The lowest BCUT2D eigenvalue weighted by atomic mass is 10.1. The van der Waals surface area contributed by atoms with Crippen LogP contribution in [0.3, 0.4) is 0 Å². The standard InChI is InChI=1S/C21H18N2O2/c24-21(16-6-11-20-15(14-16)12-13-25-20)23-19-9-7-18(8-10-19)22-17-4-2-1-3-5-17/h1-11,14,22H,12-13H2,(H,23,24). The minimum Gasteiger partial charge on any atom is -0.493 e. The average molecular weight is 330 g/mol. The molecule has 0 saturated carbocycles. The Morgan fingerprint density at radius 1 is 0.840 bits per heavy atom. The molecule has 0 atom stereocenters. The molecule has 1 heterocycles. The van der Waals surface area contributed by atoms with E-state index in [0.29, 0.717) is 12.2 Å². The third-order valence-electron chi connectivity index (χ3n) is 4.16. The average Bonchev–Trinajstić information content (AvgIpc) is 3.12. The van der Waals surface area contributed by atoms with Crippen LogP contribution in [-0.2, 0) is 6.42 Å². The molecule has 3 aromatic carbocycles. The highest BCUT2D eigenvalue weighted by Crippen LogP contribution is 2.26. The molecule has 4 nitrogen and oxygen atoms in total. The maximum Gasteiger partial charge on any atom is 0.255 e. The molecule has 1 amide bonds. The highest BCUT2D eigenvalue weighted by Gasteiger charge is 2.15. The van der Waals surface area contributed by atoms with Crippen molar-refractivity contribution in [2.24, 2.45) is 0 Å². The van der Waals surface area contributed by atoms with E-state index in [2.05, 4.69) is 10.6 Å². The van der Waals surface area contributed by atoms with Crippen molar-refractivity contribution in [1.82, 2.24) is 0 Å². The molecule has 0 bridgehead atoms. The maximum atomic E-state index is 12.4. The fraction of sp³-hybridized carbons (Fsp3) is 0.0952. The number of ether oxygens (including phenoxy) is 1. The fourth-order valence-corrected chi connectivity index (χ4v) is 2.86. The van der Waals surface area contributed by atoms with E-state index < -0.39 is 0 Å². The minimum absolute atomic E-state index is 0.113. The van der Waals surface area contributed by atoms with E-state index in [0.717, 1.165) is 34.8 Å². The van der Waals surface area contributed by atoms with Gasteiger partial charge in [0, 0.05) is 29.0 Å². The molecule has 0 saturated heterocycles. The van der Waals surface area contributed by atoms with Crippen molar-refractivity contribution >= 4 is 23.0 Å². The molecule has 0 fully saturated rings. The predicted octanol–water partition coefficient (Wildman–Crippen LogP) is 4.62. The Balaban J connectivity index is 1.43. The topological polar surface area (TPSA) is 50.4 Å². The van der Waals surface area contributed by atoms with Crippen molar-refractivity contribution < 1.29 is 9.53 Å². The van der Waals surface area contributed by atoms with Gasteiger partial charge < -0.3 is 15.4 Å².